The number of ether oxygens (including phenoxy) is 2. The maximum Gasteiger partial charge on any atom is 0.309 e. The highest BCUT2D eigenvalue weighted by molar-refractivity contribution is 5.73. The van der Waals surface area contributed by atoms with E-state index in [1.54, 1.807) is 0 Å². The molecule has 0 bridgehead atoms. The number of methoxy groups -OCH3 is 2. The van der Waals surface area contributed by atoms with Gasteiger partial charge in [-0.05, 0) is 60.6 Å². The van der Waals surface area contributed by atoms with Gasteiger partial charge in [-0.1, -0.05) is 0 Å². The van der Waals surface area contributed by atoms with E-state index < -0.39 is 23.8 Å². The highest BCUT2D eigenvalue weighted by Gasteiger charge is 2.30. The molecule has 8 heteroatoms. The summed E-state index contributed by atoms with van der Waals surface area (Å²) in [5, 5.41) is 39.0. The molecule has 0 spiro atoms. The molecule has 2 rings (SSSR count). The molecule has 0 heterocycles. The normalized spacial score (nSPS) is 12.7. The molecule has 0 amide bonds. The second-order valence-electron chi connectivity index (χ2n) is 7.13. The second-order valence-corrected chi connectivity index (χ2v) is 7.13. The second kappa shape index (κ2) is 10.4. The molecule has 0 aliphatic carbocycles. The Morgan fingerprint density at radius 1 is 0.767 bits per heavy atom. The number of rotatable bonds is 9. The zero-order valence-electron chi connectivity index (χ0n) is 16.9. The monoisotopic (exact) mass is 418 g/mol. The van der Waals surface area contributed by atoms with Crippen molar-refractivity contribution >= 4 is 11.9 Å². The van der Waals surface area contributed by atoms with Crippen molar-refractivity contribution in [2.45, 2.75) is 25.7 Å². The number of phenolic OH excluding ortho intramolecular Hbond substituents is 4. The topological polar surface area (TPSA) is 134 Å². The van der Waals surface area contributed by atoms with Gasteiger partial charge < -0.3 is 29.9 Å². The Hall–Kier alpha value is -3.42. The molecule has 4 N–H and O–H groups in total. The van der Waals surface area contributed by atoms with Crippen LogP contribution in [0, 0.1) is 11.8 Å². The number of phenols is 4. The number of esters is 2. The molecule has 2 aromatic rings. The largest absolute Gasteiger partial charge is 0.508 e. The summed E-state index contributed by atoms with van der Waals surface area (Å²) < 4.78 is 9.67. The standard InChI is InChI=1S/C22H26O8/c1-29-21(27)4-3-15(5-13-6-16(23)11-17(24)7-13)20(22(28)30-2)10-14-8-18(25)12-19(26)9-14/h6-9,11-12,15,20,23-26H,3-5,10H2,1-2H3/t15-,20-/m0/s1. The van der Waals surface area contributed by atoms with E-state index in [1.165, 1.54) is 50.6 Å². The lowest BCUT2D eigenvalue weighted by Gasteiger charge is -2.25. The van der Waals surface area contributed by atoms with Crippen molar-refractivity contribution in [2.24, 2.45) is 11.8 Å². The summed E-state index contributed by atoms with van der Waals surface area (Å²) in [4.78, 5) is 24.3. The van der Waals surface area contributed by atoms with Gasteiger partial charge in [0.2, 0.25) is 0 Å². The van der Waals surface area contributed by atoms with Gasteiger partial charge >= 0.3 is 11.9 Å². The molecule has 0 aromatic heterocycles. The van der Waals surface area contributed by atoms with Gasteiger partial charge in [0.25, 0.3) is 0 Å². The van der Waals surface area contributed by atoms with Gasteiger partial charge in [-0.2, -0.15) is 0 Å². The van der Waals surface area contributed by atoms with Crippen LogP contribution < -0.4 is 0 Å². The quantitative estimate of drug-likeness (QED) is 0.457. The molecule has 0 aliphatic rings. The van der Waals surface area contributed by atoms with Gasteiger partial charge in [-0.15, -0.1) is 0 Å². The van der Waals surface area contributed by atoms with Gasteiger partial charge in [-0.3, -0.25) is 9.59 Å². The minimum Gasteiger partial charge on any atom is -0.508 e. The molecule has 30 heavy (non-hydrogen) atoms. The number of carbonyl (C=O) groups is 2. The van der Waals surface area contributed by atoms with Crippen LogP contribution in [-0.2, 0) is 31.9 Å². The first kappa shape index (κ1) is 22.9. The maximum absolute atomic E-state index is 12.6. The lowest BCUT2D eigenvalue weighted by atomic mass is 9.80. The summed E-state index contributed by atoms with van der Waals surface area (Å²) in [6.07, 6.45) is 0.757. The van der Waals surface area contributed by atoms with Crippen molar-refractivity contribution in [3.8, 4) is 23.0 Å². The molecular formula is C22H26O8. The van der Waals surface area contributed by atoms with Crippen LogP contribution in [-0.4, -0.2) is 46.6 Å². The summed E-state index contributed by atoms with van der Waals surface area (Å²) in [7, 11) is 2.53. The van der Waals surface area contributed by atoms with Gasteiger partial charge in [0.05, 0.1) is 20.1 Å². The van der Waals surface area contributed by atoms with E-state index in [1.807, 2.05) is 0 Å². The van der Waals surface area contributed by atoms with Crippen molar-refractivity contribution in [2.75, 3.05) is 14.2 Å². The highest BCUT2D eigenvalue weighted by atomic mass is 16.5. The van der Waals surface area contributed by atoms with E-state index in [0.29, 0.717) is 11.1 Å². The zero-order valence-corrected chi connectivity index (χ0v) is 16.9. The molecular weight excluding hydrogens is 392 g/mol. The summed E-state index contributed by atoms with van der Waals surface area (Å²) in [6, 6.07) is 8.19. The SMILES string of the molecule is COC(=O)CC[C@@H](Cc1cc(O)cc(O)c1)[C@H](Cc1cc(O)cc(O)c1)C(=O)OC. The van der Waals surface area contributed by atoms with Gasteiger partial charge in [0.15, 0.2) is 0 Å². The molecule has 0 saturated heterocycles. The predicted molar refractivity (Wildman–Crippen MR) is 107 cm³/mol. The molecule has 162 valence electrons. The Balaban J connectivity index is 2.37. The lowest BCUT2D eigenvalue weighted by Crippen LogP contribution is -2.29. The number of benzene rings is 2. The Morgan fingerprint density at radius 2 is 1.23 bits per heavy atom. The van der Waals surface area contributed by atoms with E-state index in [0.717, 1.165) is 0 Å². The van der Waals surface area contributed by atoms with Crippen LogP contribution in [0.3, 0.4) is 0 Å². The van der Waals surface area contributed by atoms with Gasteiger partial charge in [0, 0.05) is 18.6 Å². The van der Waals surface area contributed by atoms with Crippen LogP contribution in [0.2, 0.25) is 0 Å². The average molecular weight is 418 g/mol. The molecule has 0 unspecified atom stereocenters. The molecule has 2 aromatic carbocycles. The third-order valence-corrected chi connectivity index (χ3v) is 4.90. The molecule has 8 nitrogen and oxygen atoms in total. The van der Waals surface area contributed by atoms with E-state index in [9.17, 15) is 30.0 Å². The van der Waals surface area contributed by atoms with Crippen molar-refractivity contribution < 1.29 is 39.5 Å². The Labute approximate surface area is 174 Å². The Bertz CT molecular complexity index is 852. The van der Waals surface area contributed by atoms with Crippen LogP contribution in [0.4, 0.5) is 0 Å². The molecule has 0 radical (unpaired) electrons. The van der Waals surface area contributed by atoms with Crippen LogP contribution in [0.15, 0.2) is 36.4 Å². The van der Waals surface area contributed by atoms with Crippen LogP contribution >= 0.6 is 0 Å². The van der Waals surface area contributed by atoms with E-state index in [4.69, 9.17) is 9.47 Å². The molecule has 0 saturated carbocycles. The predicted octanol–water partition coefficient (Wildman–Crippen LogP) is 2.65. The van der Waals surface area contributed by atoms with Crippen LogP contribution in [0.25, 0.3) is 0 Å². The van der Waals surface area contributed by atoms with Gasteiger partial charge in [-0.25, -0.2) is 0 Å². The average Bonchev–Trinajstić information content (AvgIpc) is 2.67. The summed E-state index contributed by atoms with van der Waals surface area (Å²) in [6.45, 7) is 0. The Kier molecular flexibility index (Phi) is 7.91. The molecule has 0 aliphatic heterocycles. The lowest BCUT2D eigenvalue weighted by molar-refractivity contribution is -0.148. The number of hydrogen-bond donors (Lipinski definition) is 4. The fourth-order valence-corrected chi connectivity index (χ4v) is 3.55. The van der Waals surface area contributed by atoms with Crippen molar-refractivity contribution in [1.29, 1.82) is 0 Å². The fraction of sp³-hybridized carbons (Fsp3) is 0.364. The van der Waals surface area contributed by atoms with Crippen LogP contribution in [0.5, 0.6) is 23.0 Å². The van der Waals surface area contributed by atoms with Crippen molar-refractivity contribution in [3.05, 3.63) is 47.5 Å². The van der Waals surface area contributed by atoms with Crippen molar-refractivity contribution in [1.82, 2.24) is 0 Å². The Morgan fingerprint density at radius 3 is 1.67 bits per heavy atom. The summed E-state index contributed by atoms with van der Waals surface area (Å²) in [5.41, 5.74) is 1.10. The van der Waals surface area contributed by atoms with Crippen LogP contribution in [0.1, 0.15) is 24.0 Å². The number of aromatic hydroxyl groups is 4. The zero-order chi connectivity index (χ0) is 22.3. The van der Waals surface area contributed by atoms with Gasteiger partial charge in [0.1, 0.15) is 23.0 Å². The molecule has 2 atom stereocenters. The first-order valence-corrected chi connectivity index (χ1v) is 9.40. The number of hydrogen-bond acceptors (Lipinski definition) is 8. The van der Waals surface area contributed by atoms with Crippen molar-refractivity contribution in [3.63, 3.8) is 0 Å². The smallest absolute Gasteiger partial charge is 0.309 e. The molecule has 0 fully saturated rings. The first-order valence-electron chi connectivity index (χ1n) is 9.40. The summed E-state index contributed by atoms with van der Waals surface area (Å²) >= 11 is 0. The maximum atomic E-state index is 12.6. The van der Waals surface area contributed by atoms with E-state index >= 15 is 0 Å². The fourth-order valence-electron chi connectivity index (χ4n) is 3.55. The summed E-state index contributed by atoms with van der Waals surface area (Å²) in [5.74, 6) is -2.61. The first-order chi connectivity index (χ1) is 14.2. The van der Waals surface area contributed by atoms with E-state index in [2.05, 4.69) is 0 Å². The number of carbonyl (C=O) groups excluding carboxylic acids is 2. The third-order valence-electron chi connectivity index (χ3n) is 4.90. The third kappa shape index (κ3) is 6.58. The van der Waals surface area contributed by atoms with E-state index in [-0.39, 0.29) is 48.7 Å². The minimum absolute atomic E-state index is 0.0603. The highest BCUT2D eigenvalue weighted by Crippen LogP contribution is 2.32. The minimum atomic E-state index is -0.717.